The number of hydrogen-bond acceptors (Lipinski definition) is 4. The number of aromatic nitrogens is 1. The number of carbonyl (C=O) groups is 2. The minimum Gasteiger partial charge on any atom is -0.326 e. The van der Waals surface area contributed by atoms with Crippen LogP contribution in [0.1, 0.15) is 35.0 Å². The minimum atomic E-state index is -4.46. The summed E-state index contributed by atoms with van der Waals surface area (Å²) in [6.45, 7) is 3.53. The van der Waals surface area contributed by atoms with Crippen LogP contribution in [-0.2, 0) is 11.0 Å². The van der Waals surface area contributed by atoms with E-state index in [1.807, 2.05) is 0 Å². The van der Waals surface area contributed by atoms with Crippen molar-refractivity contribution in [3.05, 3.63) is 64.7 Å². The van der Waals surface area contributed by atoms with Gasteiger partial charge in [-0.05, 0) is 36.8 Å². The SMILES string of the molecule is CCC(=O)Nc1ccc(C)c(NC(=O)c2csc(-c3cccc(C(F)(F)F)c3)n2)c1. The lowest BCUT2D eigenvalue weighted by atomic mass is 10.1. The molecule has 0 unspecified atom stereocenters. The standard InChI is InChI=1S/C21H18F3N3O2S/c1-3-18(28)25-15-8-7-12(2)16(10-15)26-19(29)17-11-30-20(27-17)13-5-4-6-14(9-13)21(22,23)24/h4-11H,3H2,1-2H3,(H,25,28)(H,26,29). The van der Waals surface area contributed by atoms with Crippen LogP contribution in [-0.4, -0.2) is 16.8 Å². The van der Waals surface area contributed by atoms with E-state index in [0.29, 0.717) is 22.8 Å². The van der Waals surface area contributed by atoms with E-state index in [4.69, 9.17) is 0 Å². The van der Waals surface area contributed by atoms with Gasteiger partial charge in [0.05, 0.1) is 5.56 Å². The van der Waals surface area contributed by atoms with Gasteiger partial charge >= 0.3 is 6.18 Å². The zero-order valence-electron chi connectivity index (χ0n) is 16.1. The summed E-state index contributed by atoms with van der Waals surface area (Å²) >= 11 is 1.08. The molecule has 0 saturated carbocycles. The third kappa shape index (κ3) is 5.04. The molecule has 156 valence electrons. The molecule has 0 fully saturated rings. The van der Waals surface area contributed by atoms with Gasteiger partial charge in [0.25, 0.3) is 5.91 Å². The summed E-state index contributed by atoms with van der Waals surface area (Å²) in [6.07, 6.45) is -4.13. The number of hydrogen-bond donors (Lipinski definition) is 2. The molecule has 3 rings (SSSR count). The predicted molar refractivity (Wildman–Crippen MR) is 111 cm³/mol. The van der Waals surface area contributed by atoms with Crippen molar-refractivity contribution in [2.45, 2.75) is 26.4 Å². The molecule has 3 aromatic rings. The van der Waals surface area contributed by atoms with E-state index in [0.717, 1.165) is 29.0 Å². The van der Waals surface area contributed by atoms with Crippen molar-refractivity contribution >= 4 is 34.5 Å². The van der Waals surface area contributed by atoms with E-state index >= 15 is 0 Å². The van der Waals surface area contributed by atoms with Gasteiger partial charge in [-0.25, -0.2) is 4.98 Å². The van der Waals surface area contributed by atoms with Crippen molar-refractivity contribution in [1.29, 1.82) is 0 Å². The number of rotatable bonds is 5. The number of amides is 2. The van der Waals surface area contributed by atoms with E-state index in [1.165, 1.54) is 17.5 Å². The lowest BCUT2D eigenvalue weighted by Gasteiger charge is -2.10. The van der Waals surface area contributed by atoms with Gasteiger partial charge in [-0.1, -0.05) is 25.1 Å². The molecular weight excluding hydrogens is 415 g/mol. The van der Waals surface area contributed by atoms with Crippen LogP contribution in [0.25, 0.3) is 10.6 Å². The van der Waals surface area contributed by atoms with Gasteiger partial charge in [0.1, 0.15) is 10.7 Å². The molecule has 0 spiro atoms. The minimum absolute atomic E-state index is 0.0924. The molecule has 2 aromatic carbocycles. The largest absolute Gasteiger partial charge is 0.416 e. The van der Waals surface area contributed by atoms with Crippen LogP contribution in [0.15, 0.2) is 47.8 Å². The fourth-order valence-electron chi connectivity index (χ4n) is 2.61. The molecule has 0 bridgehead atoms. The Morgan fingerprint density at radius 3 is 2.57 bits per heavy atom. The van der Waals surface area contributed by atoms with Crippen LogP contribution in [0.4, 0.5) is 24.5 Å². The van der Waals surface area contributed by atoms with Crippen LogP contribution in [0.5, 0.6) is 0 Å². The molecule has 0 saturated heterocycles. The average Bonchev–Trinajstić information content (AvgIpc) is 3.20. The number of benzene rings is 2. The summed E-state index contributed by atoms with van der Waals surface area (Å²) in [5.74, 6) is -0.645. The maximum absolute atomic E-state index is 12.9. The number of alkyl halides is 3. The smallest absolute Gasteiger partial charge is 0.326 e. The predicted octanol–water partition coefficient (Wildman–Crippen LogP) is 5.74. The van der Waals surface area contributed by atoms with E-state index in [2.05, 4.69) is 15.6 Å². The van der Waals surface area contributed by atoms with Gasteiger partial charge in [-0.3, -0.25) is 9.59 Å². The first-order valence-electron chi connectivity index (χ1n) is 9.02. The molecule has 0 atom stereocenters. The summed E-state index contributed by atoms with van der Waals surface area (Å²) in [5, 5.41) is 7.25. The van der Waals surface area contributed by atoms with Crippen LogP contribution in [0.2, 0.25) is 0 Å². The van der Waals surface area contributed by atoms with Crippen molar-refractivity contribution in [3.63, 3.8) is 0 Å². The number of anilines is 2. The Hall–Kier alpha value is -3.20. The van der Waals surface area contributed by atoms with E-state index < -0.39 is 17.6 Å². The summed E-state index contributed by atoms with van der Waals surface area (Å²) in [6, 6.07) is 9.94. The Kier molecular flexibility index (Phi) is 6.21. The van der Waals surface area contributed by atoms with E-state index in [-0.39, 0.29) is 17.2 Å². The third-order valence-corrected chi connectivity index (χ3v) is 5.16. The molecule has 2 amide bonds. The second-order valence-corrected chi connectivity index (χ2v) is 7.36. The molecule has 0 aliphatic rings. The van der Waals surface area contributed by atoms with Gasteiger partial charge in [0, 0.05) is 28.7 Å². The number of thiazole rings is 1. The van der Waals surface area contributed by atoms with Crippen LogP contribution < -0.4 is 10.6 Å². The van der Waals surface area contributed by atoms with Crippen molar-refractivity contribution in [2.24, 2.45) is 0 Å². The third-order valence-electron chi connectivity index (χ3n) is 4.26. The molecule has 0 aliphatic carbocycles. The molecule has 0 radical (unpaired) electrons. The molecular formula is C21H18F3N3O2S. The van der Waals surface area contributed by atoms with E-state index in [1.54, 1.807) is 32.0 Å². The summed E-state index contributed by atoms with van der Waals surface area (Å²) in [4.78, 5) is 28.3. The van der Waals surface area contributed by atoms with Crippen molar-refractivity contribution in [3.8, 4) is 10.6 Å². The monoisotopic (exact) mass is 433 g/mol. The number of aryl methyl sites for hydroxylation is 1. The first-order chi connectivity index (χ1) is 14.2. The highest BCUT2D eigenvalue weighted by Gasteiger charge is 2.30. The van der Waals surface area contributed by atoms with Crippen molar-refractivity contribution in [1.82, 2.24) is 4.98 Å². The van der Waals surface area contributed by atoms with Crippen molar-refractivity contribution in [2.75, 3.05) is 10.6 Å². The Morgan fingerprint density at radius 2 is 1.87 bits per heavy atom. The highest BCUT2D eigenvalue weighted by Crippen LogP contribution is 2.33. The molecule has 2 N–H and O–H groups in total. The second kappa shape index (κ2) is 8.66. The molecule has 9 heteroatoms. The fraction of sp³-hybridized carbons (Fsp3) is 0.190. The maximum atomic E-state index is 12.9. The maximum Gasteiger partial charge on any atom is 0.416 e. The fourth-order valence-corrected chi connectivity index (χ4v) is 3.41. The molecule has 0 aliphatic heterocycles. The Labute approximate surface area is 175 Å². The summed E-state index contributed by atoms with van der Waals surface area (Å²) < 4.78 is 38.8. The van der Waals surface area contributed by atoms with Gasteiger partial charge in [-0.15, -0.1) is 11.3 Å². The Morgan fingerprint density at radius 1 is 1.10 bits per heavy atom. The van der Waals surface area contributed by atoms with Crippen LogP contribution in [0, 0.1) is 6.92 Å². The average molecular weight is 433 g/mol. The zero-order valence-corrected chi connectivity index (χ0v) is 16.9. The quantitative estimate of drug-likeness (QED) is 0.539. The second-order valence-electron chi connectivity index (χ2n) is 6.50. The summed E-state index contributed by atoms with van der Waals surface area (Å²) in [7, 11) is 0. The van der Waals surface area contributed by atoms with Gasteiger partial charge in [0.15, 0.2) is 0 Å². The van der Waals surface area contributed by atoms with Gasteiger partial charge in [-0.2, -0.15) is 13.2 Å². The van der Waals surface area contributed by atoms with Crippen molar-refractivity contribution < 1.29 is 22.8 Å². The normalized spacial score (nSPS) is 11.2. The Bertz CT molecular complexity index is 1090. The van der Waals surface area contributed by atoms with Crippen LogP contribution in [0.3, 0.4) is 0 Å². The topological polar surface area (TPSA) is 71.1 Å². The Balaban J connectivity index is 1.79. The number of nitrogens with zero attached hydrogens (tertiary/aromatic N) is 1. The molecule has 1 heterocycles. The lowest BCUT2D eigenvalue weighted by molar-refractivity contribution is -0.137. The number of halogens is 3. The van der Waals surface area contributed by atoms with Crippen LogP contribution >= 0.6 is 11.3 Å². The van der Waals surface area contributed by atoms with Gasteiger partial charge < -0.3 is 10.6 Å². The highest BCUT2D eigenvalue weighted by atomic mass is 32.1. The molecule has 1 aromatic heterocycles. The number of nitrogens with one attached hydrogen (secondary N) is 2. The number of carbonyl (C=O) groups excluding carboxylic acids is 2. The highest BCUT2D eigenvalue weighted by molar-refractivity contribution is 7.13. The summed E-state index contributed by atoms with van der Waals surface area (Å²) in [5.41, 5.74) is 1.44. The van der Waals surface area contributed by atoms with E-state index in [9.17, 15) is 22.8 Å². The zero-order chi connectivity index (χ0) is 21.9. The van der Waals surface area contributed by atoms with Gasteiger partial charge in [0.2, 0.25) is 5.91 Å². The first-order valence-corrected chi connectivity index (χ1v) is 9.90. The first kappa shape index (κ1) is 21.5. The molecule has 30 heavy (non-hydrogen) atoms. The lowest BCUT2D eigenvalue weighted by Crippen LogP contribution is -2.14. The molecule has 5 nitrogen and oxygen atoms in total.